The maximum Gasteiger partial charge on any atom is 0.223 e. The molecule has 3 rings (SSSR count). The molecule has 2 aromatic rings. The fourth-order valence-electron chi connectivity index (χ4n) is 3.57. The number of carbonyl (C=O) groups excluding carboxylic acids is 2. The van der Waals surface area contributed by atoms with Gasteiger partial charge in [-0.2, -0.15) is 0 Å². The number of hydrogen-bond donors (Lipinski definition) is 1. The highest BCUT2D eigenvalue weighted by molar-refractivity contribution is 5.80. The van der Waals surface area contributed by atoms with E-state index in [-0.39, 0.29) is 17.7 Å². The minimum atomic E-state index is 0.0158. The Labute approximate surface area is 161 Å². The Morgan fingerprint density at radius 2 is 1.48 bits per heavy atom. The molecule has 1 aliphatic heterocycles. The van der Waals surface area contributed by atoms with Crippen LogP contribution in [0, 0.1) is 5.92 Å². The number of nitrogens with zero attached hydrogens (tertiary/aromatic N) is 1. The molecule has 0 unspecified atom stereocenters. The van der Waals surface area contributed by atoms with E-state index in [0.717, 1.165) is 31.2 Å². The van der Waals surface area contributed by atoms with Crippen molar-refractivity contribution in [3.8, 4) is 0 Å². The summed E-state index contributed by atoms with van der Waals surface area (Å²) >= 11 is 0. The van der Waals surface area contributed by atoms with Crippen LogP contribution in [0.3, 0.4) is 0 Å². The molecule has 0 spiro atoms. The Balaban J connectivity index is 1.35. The number of hydrogen-bond acceptors (Lipinski definition) is 2. The number of carbonyl (C=O) groups is 2. The van der Waals surface area contributed by atoms with E-state index in [1.54, 1.807) is 0 Å². The summed E-state index contributed by atoms with van der Waals surface area (Å²) < 4.78 is 0. The zero-order chi connectivity index (χ0) is 18.9. The van der Waals surface area contributed by atoms with Crippen molar-refractivity contribution in [1.82, 2.24) is 10.2 Å². The summed E-state index contributed by atoms with van der Waals surface area (Å²) in [6, 6.07) is 20.2. The predicted octanol–water partition coefficient (Wildman–Crippen LogP) is 3.56. The molecule has 1 aliphatic rings. The normalized spacial score (nSPS) is 14.7. The number of benzene rings is 2. The molecular weight excluding hydrogens is 336 g/mol. The number of rotatable bonds is 7. The summed E-state index contributed by atoms with van der Waals surface area (Å²) in [6.45, 7) is 1.94. The monoisotopic (exact) mass is 364 g/mol. The predicted molar refractivity (Wildman–Crippen MR) is 107 cm³/mol. The lowest BCUT2D eigenvalue weighted by Gasteiger charge is -2.31. The van der Waals surface area contributed by atoms with Gasteiger partial charge in [0.05, 0.1) is 0 Å². The number of amides is 2. The van der Waals surface area contributed by atoms with Crippen molar-refractivity contribution in [3.63, 3.8) is 0 Å². The highest BCUT2D eigenvalue weighted by Gasteiger charge is 2.26. The molecule has 0 aromatic heterocycles. The molecule has 142 valence electrons. The molecular formula is C23H28N2O2. The fourth-order valence-corrected chi connectivity index (χ4v) is 3.57. The highest BCUT2D eigenvalue weighted by Crippen LogP contribution is 2.19. The van der Waals surface area contributed by atoms with Gasteiger partial charge in [0.1, 0.15) is 0 Å². The Hall–Kier alpha value is -2.62. The number of likely N-dealkylation sites (tertiary alicyclic amines) is 1. The van der Waals surface area contributed by atoms with Crippen LogP contribution in [0.25, 0.3) is 0 Å². The first kappa shape index (κ1) is 19.2. The van der Waals surface area contributed by atoms with Crippen molar-refractivity contribution < 1.29 is 9.59 Å². The van der Waals surface area contributed by atoms with Gasteiger partial charge in [0.2, 0.25) is 11.8 Å². The van der Waals surface area contributed by atoms with Gasteiger partial charge in [-0.15, -0.1) is 0 Å². The summed E-state index contributed by atoms with van der Waals surface area (Å²) in [6.07, 6.45) is 3.90. The van der Waals surface area contributed by atoms with Crippen LogP contribution in [0.2, 0.25) is 0 Å². The summed E-state index contributed by atoms with van der Waals surface area (Å²) in [7, 11) is 0. The van der Waals surface area contributed by atoms with Crippen LogP contribution in [0.5, 0.6) is 0 Å². The molecule has 27 heavy (non-hydrogen) atoms. The lowest BCUT2D eigenvalue weighted by Crippen LogP contribution is -2.42. The second-order valence-corrected chi connectivity index (χ2v) is 7.20. The van der Waals surface area contributed by atoms with Crippen LogP contribution < -0.4 is 5.32 Å². The van der Waals surface area contributed by atoms with E-state index in [4.69, 9.17) is 0 Å². The first-order valence-electron chi connectivity index (χ1n) is 9.86. The topological polar surface area (TPSA) is 49.4 Å². The fraction of sp³-hybridized carbons (Fsp3) is 0.391. The van der Waals surface area contributed by atoms with Gasteiger partial charge in [0.15, 0.2) is 0 Å². The highest BCUT2D eigenvalue weighted by atomic mass is 16.2. The molecule has 0 radical (unpaired) electrons. The van der Waals surface area contributed by atoms with Crippen LogP contribution in [-0.2, 0) is 22.6 Å². The Kier molecular flexibility index (Phi) is 7.03. The van der Waals surface area contributed by atoms with Crippen LogP contribution in [0.15, 0.2) is 60.7 Å². The van der Waals surface area contributed by atoms with Crippen molar-refractivity contribution in [2.45, 2.75) is 38.6 Å². The molecule has 0 atom stereocenters. The van der Waals surface area contributed by atoms with E-state index in [0.29, 0.717) is 26.1 Å². The standard InChI is InChI=1S/C23H28N2O2/c26-22(13-7-12-19-8-3-1-4-9-19)25-16-14-21(15-17-25)23(27)24-18-20-10-5-2-6-11-20/h1-6,8-11,21H,7,12-18H2,(H,24,27). The van der Waals surface area contributed by atoms with Crippen molar-refractivity contribution >= 4 is 11.8 Å². The number of aryl methyl sites for hydroxylation is 1. The van der Waals surface area contributed by atoms with Gasteiger partial charge in [-0.3, -0.25) is 9.59 Å². The van der Waals surface area contributed by atoms with Gasteiger partial charge in [-0.1, -0.05) is 60.7 Å². The van der Waals surface area contributed by atoms with Gasteiger partial charge < -0.3 is 10.2 Å². The number of piperidine rings is 1. The van der Waals surface area contributed by atoms with Crippen LogP contribution >= 0.6 is 0 Å². The lowest BCUT2D eigenvalue weighted by atomic mass is 9.95. The van der Waals surface area contributed by atoms with Crippen molar-refractivity contribution in [2.24, 2.45) is 5.92 Å². The molecule has 0 bridgehead atoms. The molecule has 0 saturated carbocycles. The van der Waals surface area contributed by atoms with Crippen LogP contribution in [0.1, 0.15) is 36.8 Å². The van der Waals surface area contributed by atoms with E-state index in [1.165, 1.54) is 5.56 Å². The molecule has 4 nitrogen and oxygen atoms in total. The molecule has 1 fully saturated rings. The summed E-state index contributed by atoms with van der Waals surface area (Å²) in [5.41, 5.74) is 2.39. The molecule has 1 heterocycles. The van der Waals surface area contributed by atoms with Gasteiger partial charge in [0, 0.05) is 32.0 Å². The summed E-state index contributed by atoms with van der Waals surface area (Å²) in [5, 5.41) is 3.02. The smallest absolute Gasteiger partial charge is 0.223 e. The zero-order valence-corrected chi connectivity index (χ0v) is 15.8. The Morgan fingerprint density at radius 1 is 0.889 bits per heavy atom. The van der Waals surface area contributed by atoms with Crippen LogP contribution in [-0.4, -0.2) is 29.8 Å². The second kappa shape index (κ2) is 9.91. The maximum atomic E-state index is 12.4. The van der Waals surface area contributed by atoms with Crippen molar-refractivity contribution in [2.75, 3.05) is 13.1 Å². The van der Waals surface area contributed by atoms with Gasteiger partial charge in [-0.05, 0) is 36.8 Å². The molecule has 1 saturated heterocycles. The van der Waals surface area contributed by atoms with Crippen molar-refractivity contribution in [3.05, 3.63) is 71.8 Å². The Morgan fingerprint density at radius 3 is 2.11 bits per heavy atom. The first-order valence-corrected chi connectivity index (χ1v) is 9.86. The minimum absolute atomic E-state index is 0.0158. The van der Waals surface area contributed by atoms with Gasteiger partial charge in [0.25, 0.3) is 0 Å². The molecule has 0 aliphatic carbocycles. The van der Waals surface area contributed by atoms with E-state index in [2.05, 4.69) is 17.4 Å². The largest absolute Gasteiger partial charge is 0.352 e. The molecule has 1 N–H and O–H groups in total. The van der Waals surface area contributed by atoms with E-state index < -0.39 is 0 Å². The average molecular weight is 364 g/mol. The Bertz CT molecular complexity index is 723. The number of nitrogens with one attached hydrogen (secondary N) is 1. The van der Waals surface area contributed by atoms with Crippen LogP contribution in [0.4, 0.5) is 0 Å². The summed E-state index contributed by atoms with van der Waals surface area (Å²) in [4.78, 5) is 26.7. The average Bonchev–Trinajstić information content (AvgIpc) is 2.73. The van der Waals surface area contributed by atoms with E-state index in [9.17, 15) is 9.59 Å². The molecule has 4 heteroatoms. The third-order valence-corrected chi connectivity index (χ3v) is 5.23. The SMILES string of the molecule is O=C(NCc1ccccc1)C1CCN(C(=O)CCCc2ccccc2)CC1. The lowest BCUT2D eigenvalue weighted by molar-refractivity contribution is -0.135. The zero-order valence-electron chi connectivity index (χ0n) is 15.8. The van der Waals surface area contributed by atoms with Crippen molar-refractivity contribution in [1.29, 1.82) is 0 Å². The first-order chi connectivity index (χ1) is 13.2. The van der Waals surface area contributed by atoms with E-state index in [1.807, 2.05) is 53.4 Å². The molecule has 2 aromatic carbocycles. The molecule has 2 amide bonds. The quantitative estimate of drug-likeness (QED) is 0.817. The maximum absolute atomic E-state index is 12.4. The third kappa shape index (κ3) is 5.95. The van der Waals surface area contributed by atoms with Gasteiger partial charge in [-0.25, -0.2) is 0 Å². The second-order valence-electron chi connectivity index (χ2n) is 7.20. The summed E-state index contributed by atoms with van der Waals surface area (Å²) in [5.74, 6) is 0.339. The minimum Gasteiger partial charge on any atom is -0.352 e. The third-order valence-electron chi connectivity index (χ3n) is 5.23. The van der Waals surface area contributed by atoms with E-state index >= 15 is 0 Å². The van der Waals surface area contributed by atoms with Gasteiger partial charge >= 0.3 is 0 Å².